The number of ether oxygens (including phenoxy) is 1. The molecule has 166 valence electrons. The highest BCUT2D eigenvalue weighted by Crippen LogP contribution is 2.29. The minimum absolute atomic E-state index is 0.0740. The van der Waals surface area contributed by atoms with Gasteiger partial charge in [0.25, 0.3) is 0 Å². The number of anilines is 1. The number of fused-ring (bicyclic) bond motifs is 1. The summed E-state index contributed by atoms with van der Waals surface area (Å²) in [7, 11) is -3.80. The largest absolute Gasteiger partial charge is 0.455 e. The standard InChI is InChI=1S/C22H22N4O5S/c1-14-2-4-15(5-3-14)13-32(29,30)25-21(27)16-6-8-26(9-7-16)20-17(11-23)10-18-19(24-20)12-31-22(18)28/h2-5,10,16H,6-9,12-13H2,1H3,(H,25,27). The first kappa shape index (κ1) is 21.8. The van der Waals surface area contributed by atoms with Crippen molar-refractivity contribution < 1.29 is 22.7 Å². The van der Waals surface area contributed by atoms with Crippen molar-refractivity contribution >= 4 is 27.7 Å². The molecule has 0 unspecified atom stereocenters. The quantitative estimate of drug-likeness (QED) is 0.677. The maximum absolute atomic E-state index is 12.6. The number of sulfonamides is 1. The van der Waals surface area contributed by atoms with Crippen LogP contribution in [0.5, 0.6) is 0 Å². The normalized spacial score (nSPS) is 16.2. The number of amides is 1. The van der Waals surface area contributed by atoms with Gasteiger partial charge in [0.15, 0.2) is 0 Å². The lowest BCUT2D eigenvalue weighted by Crippen LogP contribution is -2.43. The third-order valence-electron chi connectivity index (χ3n) is 5.66. The van der Waals surface area contributed by atoms with E-state index < -0.39 is 27.8 Å². The van der Waals surface area contributed by atoms with Crippen LogP contribution in [0.2, 0.25) is 0 Å². The minimum Gasteiger partial charge on any atom is -0.455 e. The molecule has 9 nitrogen and oxygen atoms in total. The summed E-state index contributed by atoms with van der Waals surface area (Å²) in [6, 6.07) is 10.7. The smallest absolute Gasteiger partial charge is 0.340 e. The van der Waals surface area contributed by atoms with E-state index in [9.17, 15) is 23.3 Å². The Morgan fingerprint density at radius 1 is 1.28 bits per heavy atom. The molecule has 0 radical (unpaired) electrons. The maximum atomic E-state index is 12.6. The summed E-state index contributed by atoms with van der Waals surface area (Å²) in [5.74, 6) is -1.27. The number of carbonyl (C=O) groups is 2. The highest BCUT2D eigenvalue weighted by molar-refractivity contribution is 7.89. The number of cyclic esters (lactones) is 1. The number of rotatable bonds is 5. The van der Waals surface area contributed by atoms with Crippen molar-refractivity contribution in [2.75, 3.05) is 18.0 Å². The number of nitriles is 1. The third-order valence-corrected chi connectivity index (χ3v) is 6.89. The van der Waals surface area contributed by atoms with Gasteiger partial charge in [-0.1, -0.05) is 29.8 Å². The lowest BCUT2D eigenvalue weighted by atomic mass is 9.96. The molecule has 1 N–H and O–H groups in total. The van der Waals surface area contributed by atoms with Crippen LogP contribution in [0, 0.1) is 24.2 Å². The Hall–Kier alpha value is -3.45. The lowest BCUT2D eigenvalue weighted by molar-refractivity contribution is -0.123. The molecule has 2 aromatic rings. The summed E-state index contributed by atoms with van der Waals surface area (Å²) >= 11 is 0. The van der Waals surface area contributed by atoms with Gasteiger partial charge in [-0.3, -0.25) is 9.52 Å². The Balaban J connectivity index is 1.38. The second-order valence-electron chi connectivity index (χ2n) is 8.01. The monoisotopic (exact) mass is 454 g/mol. The van der Waals surface area contributed by atoms with Crippen molar-refractivity contribution in [3.63, 3.8) is 0 Å². The summed E-state index contributed by atoms with van der Waals surface area (Å²) in [6.07, 6.45) is 0.843. The Bertz CT molecular complexity index is 1210. The van der Waals surface area contributed by atoms with Gasteiger partial charge in [-0.05, 0) is 31.4 Å². The number of esters is 1. The Morgan fingerprint density at radius 2 is 1.97 bits per heavy atom. The molecule has 4 rings (SSSR count). The zero-order valence-electron chi connectivity index (χ0n) is 17.5. The highest BCUT2D eigenvalue weighted by atomic mass is 32.2. The Morgan fingerprint density at radius 3 is 2.62 bits per heavy atom. The van der Waals surface area contributed by atoms with Crippen LogP contribution in [0.1, 0.15) is 45.6 Å². The molecule has 3 heterocycles. The van der Waals surface area contributed by atoms with Crippen LogP contribution in [-0.2, 0) is 31.9 Å². The molecule has 0 atom stereocenters. The summed E-state index contributed by atoms with van der Waals surface area (Å²) in [4.78, 5) is 30.6. The van der Waals surface area contributed by atoms with E-state index in [0.717, 1.165) is 5.56 Å². The molecule has 0 aliphatic carbocycles. The summed E-state index contributed by atoms with van der Waals surface area (Å²) < 4.78 is 32.0. The van der Waals surface area contributed by atoms with Gasteiger partial charge >= 0.3 is 5.97 Å². The first-order chi connectivity index (χ1) is 15.3. The van der Waals surface area contributed by atoms with Crippen molar-refractivity contribution in [2.24, 2.45) is 5.92 Å². The van der Waals surface area contributed by atoms with Crippen LogP contribution in [0.25, 0.3) is 0 Å². The van der Waals surface area contributed by atoms with Crippen LogP contribution in [0.3, 0.4) is 0 Å². The van der Waals surface area contributed by atoms with Crippen LogP contribution >= 0.6 is 0 Å². The van der Waals surface area contributed by atoms with E-state index >= 15 is 0 Å². The average molecular weight is 455 g/mol. The predicted octanol–water partition coefficient (Wildman–Crippen LogP) is 1.79. The van der Waals surface area contributed by atoms with Gasteiger partial charge in [-0.15, -0.1) is 0 Å². The van der Waals surface area contributed by atoms with Gasteiger partial charge in [0.1, 0.15) is 18.5 Å². The number of hydrogen-bond acceptors (Lipinski definition) is 8. The van der Waals surface area contributed by atoms with Crippen molar-refractivity contribution in [1.82, 2.24) is 9.71 Å². The molecule has 1 fully saturated rings. The first-order valence-electron chi connectivity index (χ1n) is 10.2. The molecular formula is C22H22N4O5S. The molecule has 2 aliphatic heterocycles. The number of nitrogens with one attached hydrogen (secondary N) is 1. The third kappa shape index (κ3) is 4.57. The van der Waals surface area contributed by atoms with E-state index in [1.807, 2.05) is 24.0 Å². The van der Waals surface area contributed by atoms with E-state index in [1.165, 1.54) is 6.07 Å². The number of pyridine rings is 1. The number of hydrogen-bond donors (Lipinski definition) is 1. The summed E-state index contributed by atoms with van der Waals surface area (Å²) in [5.41, 5.74) is 2.70. The number of nitrogens with zero attached hydrogens (tertiary/aromatic N) is 3. The minimum atomic E-state index is -3.80. The molecule has 1 aromatic heterocycles. The number of carbonyl (C=O) groups excluding carboxylic acids is 2. The fourth-order valence-electron chi connectivity index (χ4n) is 3.89. The summed E-state index contributed by atoms with van der Waals surface area (Å²) in [6.45, 7) is 2.86. The molecule has 0 bridgehead atoms. The zero-order valence-corrected chi connectivity index (χ0v) is 18.3. The van der Waals surface area contributed by atoms with Gasteiger partial charge < -0.3 is 9.64 Å². The molecule has 0 spiro atoms. The number of aromatic nitrogens is 1. The Labute approximate surface area is 186 Å². The molecule has 1 saturated heterocycles. The van der Waals surface area contributed by atoms with Crippen LogP contribution in [-0.4, -0.2) is 38.4 Å². The lowest BCUT2D eigenvalue weighted by Gasteiger charge is -2.32. The van der Waals surface area contributed by atoms with Gasteiger partial charge in [0.2, 0.25) is 15.9 Å². The second-order valence-corrected chi connectivity index (χ2v) is 9.74. The second kappa shape index (κ2) is 8.59. The molecule has 1 amide bonds. The topological polar surface area (TPSA) is 129 Å². The van der Waals surface area contributed by atoms with Crippen LogP contribution < -0.4 is 9.62 Å². The molecular weight excluding hydrogens is 432 g/mol. The van der Waals surface area contributed by atoms with Crippen molar-refractivity contribution in [3.8, 4) is 6.07 Å². The van der Waals surface area contributed by atoms with E-state index in [2.05, 4.69) is 15.8 Å². The molecule has 2 aliphatic rings. The van der Waals surface area contributed by atoms with Crippen molar-refractivity contribution in [3.05, 3.63) is 58.3 Å². The molecule has 1 aromatic carbocycles. The van der Waals surface area contributed by atoms with Crippen LogP contribution in [0.15, 0.2) is 30.3 Å². The van der Waals surface area contributed by atoms with Gasteiger partial charge in [-0.2, -0.15) is 5.26 Å². The number of aryl methyl sites for hydroxylation is 1. The van der Waals surface area contributed by atoms with Gasteiger partial charge in [-0.25, -0.2) is 18.2 Å². The summed E-state index contributed by atoms with van der Waals surface area (Å²) in [5, 5.41) is 9.47. The van der Waals surface area contributed by atoms with E-state index in [-0.39, 0.29) is 17.9 Å². The van der Waals surface area contributed by atoms with Gasteiger partial charge in [0.05, 0.1) is 22.6 Å². The first-order valence-corrected chi connectivity index (χ1v) is 11.9. The zero-order chi connectivity index (χ0) is 22.9. The van der Waals surface area contributed by atoms with Crippen molar-refractivity contribution in [1.29, 1.82) is 5.26 Å². The SMILES string of the molecule is Cc1ccc(CS(=O)(=O)NC(=O)C2CCN(c3nc4c(cc3C#N)C(=O)OC4)CC2)cc1. The van der Waals surface area contributed by atoms with Crippen molar-refractivity contribution in [2.45, 2.75) is 32.1 Å². The highest BCUT2D eigenvalue weighted by Gasteiger charge is 2.31. The average Bonchev–Trinajstić information content (AvgIpc) is 3.14. The molecule has 32 heavy (non-hydrogen) atoms. The fraction of sp³-hybridized carbons (Fsp3) is 0.364. The van der Waals surface area contributed by atoms with E-state index in [4.69, 9.17) is 4.74 Å². The predicted molar refractivity (Wildman–Crippen MR) is 115 cm³/mol. The van der Waals surface area contributed by atoms with Gasteiger partial charge in [0, 0.05) is 19.0 Å². The molecule has 0 saturated carbocycles. The molecule has 10 heteroatoms. The number of benzene rings is 1. The maximum Gasteiger partial charge on any atom is 0.340 e. The van der Waals surface area contributed by atoms with E-state index in [0.29, 0.717) is 48.6 Å². The van der Waals surface area contributed by atoms with E-state index in [1.54, 1.807) is 12.1 Å². The van der Waals surface area contributed by atoms with Crippen LogP contribution in [0.4, 0.5) is 5.82 Å². The fourth-order valence-corrected chi connectivity index (χ4v) is 5.07. The number of piperidine rings is 1. The Kier molecular flexibility index (Phi) is 5.84.